The van der Waals surface area contributed by atoms with Crippen molar-refractivity contribution in [2.24, 2.45) is 0 Å². The fourth-order valence-electron chi connectivity index (χ4n) is 1.53. The zero-order chi connectivity index (χ0) is 14.3. The third kappa shape index (κ3) is 5.80. The molecule has 0 unspecified atom stereocenters. The Balaban J connectivity index is 2.28. The molecular formula is C12H18N2O4S. The Morgan fingerprint density at radius 2 is 1.89 bits per heavy atom. The van der Waals surface area contributed by atoms with Crippen molar-refractivity contribution in [3.8, 4) is 0 Å². The van der Waals surface area contributed by atoms with Crippen molar-refractivity contribution < 1.29 is 13.3 Å². The van der Waals surface area contributed by atoms with Crippen molar-refractivity contribution in [3.63, 3.8) is 0 Å². The quantitative estimate of drug-likeness (QED) is 0.444. The van der Waals surface area contributed by atoms with Crippen LogP contribution in [0.3, 0.4) is 0 Å². The second-order valence-corrected chi connectivity index (χ2v) is 6.66. The highest BCUT2D eigenvalue weighted by molar-refractivity contribution is 7.91. The lowest BCUT2D eigenvalue weighted by Crippen LogP contribution is -2.19. The number of nitro benzene ring substituents is 1. The van der Waals surface area contributed by atoms with E-state index < -0.39 is 14.8 Å². The summed E-state index contributed by atoms with van der Waals surface area (Å²) in [7, 11) is -2.89. The van der Waals surface area contributed by atoms with Gasteiger partial charge in [0.1, 0.15) is 9.84 Å². The summed E-state index contributed by atoms with van der Waals surface area (Å²) in [4.78, 5) is 10.0. The van der Waals surface area contributed by atoms with Crippen LogP contribution in [0.1, 0.15) is 18.9 Å². The fraction of sp³-hybridized carbons (Fsp3) is 0.500. The number of rotatable bonds is 8. The second kappa shape index (κ2) is 7.20. The minimum atomic E-state index is -2.89. The molecule has 0 heterocycles. The largest absolute Gasteiger partial charge is 0.313 e. The maximum absolute atomic E-state index is 11.2. The van der Waals surface area contributed by atoms with E-state index in [1.807, 2.05) is 0 Å². The van der Waals surface area contributed by atoms with Crippen molar-refractivity contribution in [1.82, 2.24) is 5.32 Å². The van der Waals surface area contributed by atoms with Gasteiger partial charge in [-0.1, -0.05) is 19.1 Å². The zero-order valence-corrected chi connectivity index (χ0v) is 11.6. The Labute approximate surface area is 112 Å². The highest BCUT2D eigenvalue weighted by Crippen LogP contribution is 2.11. The summed E-state index contributed by atoms with van der Waals surface area (Å²) in [6.07, 6.45) is 0.573. The molecule has 1 aromatic rings. The Kier molecular flexibility index (Phi) is 5.91. The highest BCUT2D eigenvalue weighted by atomic mass is 32.2. The van der Waals surface area contributed by atoms with Crippen molar-refractivity contribution in [2.45, 2.75) is 19.9 Å². The summed E-state index contributed by atoms with van der Waals surface area (Å²) < 4.78 is 22.5. The smallest absolute Gasteiger partial charge is 0.269 e. The van der Waals surface area contributed by atoms with Crippen LogP contribution in [-0.4, -0.2) is 31.4 Å². The maximum Gasteiger partial charge on any atom is 0.269 e. The number of hydrogen-bond acceptors (Lipinski definition) is 5. The van der Waals surface area contributed by atoms with Gasteiger partial charge in [-0.15, -0.1) is 0 Å². The lowest BCUT2D eigenvalue weighted by atomic mass is 10.2. The molecule has 19 heavy (non-hydrogen) atoms. The first-order chi connectivity index (χ1) is 8.94. The van der Waals surface area contributed by atoms with E-state index in [4.69, 9.17) is 0 Å². The maximum atomic E-state index is 11.2. The van der Waals surface area contributed by atoms with Crippen molar-refractivity contribution in [3.05, 3.63) is 39.9 Å². The highest BCUT2D eigenvalue weighted by Gasteiger charge is 2.06. The van der Waals surface area contributed by atoms with Crippen molar-refractivity contribution in [2.75, 3.05) is 18.1 Å². The molecule has 1 aromatic carbocycles. The second-order valence-electron chi connectivity index (χ2n) is 4.19. The van der Waals surface area contributed by atoms with E-state index in [1.165, 1.54) is 12.1 Å². The van der Waals surface area contributed by atoms with Gasteiger partial charge in [-0.05, 0) is 18.5 Å². The van der Waals surface area contributed by atoms with Crippen LogP contribution in [0.25, 0.3) is 0 Å². The van der Waals surface area contributed by atoms with Gasteiger partial charge in [0, 0.05) is 24.4 Å². The van der Waals surface area contributed by atoms with E-state index in [9.17, 15) is 18.5 Å². The third-order valence-corrected chi connectivity index (χ3v) is 4.52. The van der Waals surface area contributed by atoms with Gasteiger partial charge in [0.2, 0.25) is 0 Å². The SMILES string of the molecule is CCS(=O)(=O)CCCNCc1ccc([N+](=O)[O-])cc1. The molecule has 0 aliphatic carbocycles. The molecule has 0 atom stereocenters. The van der Waals surface area contributed by atoms with Gasteiger partial charge in [0.25, 0.3) is 5.69 Å². The lowest BCUT2D eigenvalue weighted by molar-refractivity contribution is -0.384. The van der Waals surface area contributed by atoms with Gasteiger partial charge >= 0.3 is 0 Å². The predicted molar refractivity (Wildman–Crippen MR) is 73.7 cm³/mol. The van der Waals surface area contributed by atoms with Gasteiger partial charge < -0.3 is 5.32 Å². The van der Waals surface area contributed by atoms with Crippen LogP contribution in [0.15, 0.2) is 24.3 Å². The first-order valence-electron chi connectivity index (χ1n) is 6.09. The summed E-state index contributed by atoms with van der Waals surface area (Å²) in [5.41, 5.74) is 1.00. The number of hydrogen-bond donors (Lipinski definition) is 1. The third-order valence-electron chi connectivity index (χ3n) is 2.73. The first-order valence-corrected chi connectivity index (χ1v) is 7.91. The summed E-state index contributed by atoms with van der Waals surface area (Å²) in [6.45, 7) is 2.82. The number of non-ortho nitro benzene ring substituents is 1. The monoisotopic (exact) mass is 286 g/mol. The van der Waals surface area contributed by atoms with E-state index in [2.05, 4.69) is 5.32 Å². The molecule has 0 spiro atoms. The lowest BCUT2D eigenvalue weighted by Gasteiger charge is -2.05. The summed E-state index contributed by atoms with van der Waals surface area (Å²) in [5, 5.41) is 13.6. The van der Waals surface area contributed by atoms with E-state index in [1.54, 1.807) is 19.1 Å². The molecule has 7 heteroatoms. The van der Waals surface area contributed by atoms with Crippen molar-refractivity contribution >= 4 is 15.5 Å². The van der Waals surface area contributed by atoms with Crippen molar-refractivity contribution in [1.29, 1.82) is 0 Å². The molecule has 0 bridgehead atoms. The average molecular weight is 286 g/mol. The molecule has 0 amide bonds. The predicted octanol–water partition coefficient (Wildman–Crippen LogP) is 1.51. The molecule has 0 aliphatic heterocycles. The van der Waals surface area contributed by atoms with Gasteiger partial charge in [0.05, 0.1) is 10.7 Å². The van der Waals surface area contributed by atoms with Crippen LogP contribution in [0.5, 0.6) is 0 Å². The molecular weight excluding hydrogens is 268 g/mol. The summed E-state index contributed by atoms with van der Waals surface area (Å²) >= 11 is 0. The topological polar surface area (TPSA) is 89.3 Å². The molecule has 0 aromatic heterocycles. The zero-order valence-electron chi connectivity index (χ0n) is 10.8. The minimum Gasteiger partial charge on any atom is -0.313 e. The number of nitrogens with zero attached hydrogens (tertiary/aromatic N) is 1. The van der Waals surface area contributed by atoms with Gasteiger partial charge in [0.15, 0.2) is 0 Å². The standard InChI is InChI=1S/C12H18N2O4S/c1-2-19(17,18)9-3-8-13-10-11-4-6-12(7-5-11)14(15)16/h4-7,13H,2-3,8-10H2,1H3. The van der Waals surface area contributed by atoms with Crippen LogP contribution >= 0.6 is 0 Å². The van der Waals surface area contributed by atoms with Crippen LogP contribution in [0.4, 0.5) is 5.69 Å². The molecule has 6 nitrogen and oxygen atoms in total. The number of benzene rings is 1. The summed E-state index contributed by atoms with van der Waals surface area (Å²) in [5.74, 6) is 0.367. The van der Waals surface area contributed by atoms with E-state index in [0.717, 1.165) is 5.56 Å². The molecule has 0 radical (unpaired) electrons. The van der Waals surface area contributed by atoms with Gasteiger partial charge in [-0.2, -0.15) is 0 Å². The molecule has 0 saturated heterocycles. The molecule has 1 rings (SSSR count). The molecule has 0 fully saturated rings. The first kappa shape index (κ1) is 15.6. The van der Waals surface area contributed by atoms with Gasteiger partial charge in [-0.3, -0.25) is 10.1 Å². The number of sulfone groups is 1. The number of nitro groups is 1. The molecule has 0 saturated carbocycles. The molecule has 1 N–H and O–H groups in total. The van der Waals surface area contributed by atoms with Crippen LogP contribution < -0.4 is 5.32 Å². The van der Waals surface area contributed by atoms with E-state index >= 15 is 0 Å². The number of nitrogens with one attached hydrogen (secondary N) is 1. The Bertz CT molecular complexity index is 511. The van der Waals surface area contributed by atoms with Crippen LogP contribution in [0, 0.1) is 10.1 Å². The molecule has 106 valence electrons. The average Bonchev–Trinajstić information content (AvgIpc) is 2.39. The summed E-state index contributed by atoms with van der Waals surface area (Å²) in [6, 6.07) is 6.29. The van der Waals surface area contributed by atoms with Crippen LogP contribution in [-0.2, 0) is 16.4 Å². The van der Waals surface area contributed by atoms with Crippen LogP contribution in [0.2, 0.25) is 0 Å². The Morgan fingerprint density at radius 3 is 2.42 bits per heavy atom. The Morgan fingerprint density at radius 1 is 1.26 bits per heavy atom. The molecule has 0 aliphatic rings. The van der Waals surface area contributed by atoms with E-state index in [0.29, 0.717) is 19.5 Å². The van der Waals surface area contributed by atoms with E-state index in [-0.39, 0.29) is 17.2 Å². The van der Waals surface area contributed by atoms with Gasteiger partial charge in [-0.25, -0.2) is 8.42 Å². The fourth-order valence-corrected chi connectivity index (χ4v) is 2.40. The minimum absolute atomic E-state index is 0.0674. The Hall–Kier alpha value is -1.47. The normalized spacial score (nSPS) is 11.4.